The minimum absolute atomic E-state index is 0.0596. The number of aliphatic carboxylic acids is 1. The molecule has 0 fully saturated rings. The van der Waals surface area contributed by atoms with Crippen molar-refractivity contribution in [1.82, 2.24) is 10.6 Å². The highest BCUT2D eigenvalue weighted by molar-refractivity contribution is 5.89. The quantitative estimate of drug-likeness (QED) is 0.482. The molecule has 1 aliphatic rings. The number of carboxylic acids is 1. The molecule has 3 N–H and O–H groups in total. The van der Waals surface area contributed by atoms with Crippen LogP contribution in [-0.4, -0.2) is 35.7 Å². The van der Waals surface area contributed by atoms with Gasteiger partial charge in [0.05, 0.1) is 18.7 Å². The number of fused-ring (bicyclic) bond motifs is 3. The van der Waals surface area contributed by atoms with Gasteiger partial charge in [0.1, 0.15) is 18.4 Å². The summed E-state index contributed by atoms with van der Waals surface area (Å²) in [5, 5.41) is 14.2. The topological polar surface area (TPSA) is 118 Å². The molecule has 1 aromatic heterocycles. The van der Waals surface area contributed by atoms with E-state index in [1.165, 1.54) is 6.26 Å². The van der Waals surface area contributed by atoms with Crippen molar-refractivity contribution >= 4 is 18.0 Å². The summed E-state index contributed by atoms with van der Waals surface area (Å²) in [6.07, 6.45) is 0.0339. The Labute approximate surface area is 190 Å². The van der Waals surface area contributed by atoms with E-state index >= 15 is 0 Å². The Bertz CT molecular complexity index is 1110. The van der Waals surface area contributed by atoms with E-state index in [1.54, 1.807) is 19.1 Å². The van der Waals surface area contributed by atoms with Crippen LogP contribution < -0.4 is 10.6 Å². The summed E-state index contributed by atoms with van der Waals surface area (Å²) >= 11 is 0. The van der Waals surface area contributed by atoms with Crippen molar-refractivity contribution in [2.45, 2.75) is 31.3 Å². The van der Waals surface area contributed by atoms with E-state index < -0.39 is 36.5 Å². The first kappa shape index (κ1) is 22.1. The van der Waals surface area contributed by atoms with Crippen molar-refractivity contribution in [2.75, 3.05) is 6.61 Å². The van der Waals surface area contributed by atoms with Crippen LogP contribution in [0.25, 0.3) is 11.1 Å². The fourth-order valence-corrected chi connectivity index (χ4v) is 4.09. The second kappa shape index (κ2) is 9.60. The number of carbonyl (C=O) groups excluding carboxylic acids is 2. The van der Waals surface area contributed by atoms with Crippen LogP contribution in [0.2, 0.25) is 0 Å². The summed E-state index contributed by atoms with van der Waals surface area (Å²) in [6.45, 7) is 1.76. The van der Waals surface area contributed by atoms with Gasteiger partial charge in [-0.25, -0.2) is 4.79 Å². The maximum atomic E-state index is 12.6. The second-order valence-corrected chi connectivity index (χ2v) is 7.87. The Hall–Kier alpha value is -4.07. The van der Waals surface area contributed by atoms with Crippen LogP contribution in [0.5, 0.6) is 0 Å². The molecule has 0 radical (unpaired) electrons. The lowest BCUT2D eigenvalue weighted by molar-refractivity contribution is -0.140. The number of rotatable bonds is 8. The SMILES string of the molecule is C[C@@H](NC(=O)C(CC(=O)O)NC(=O)OCC1c2ccccc2-c2ccccc21)c1ccco1. The first-order valence-electron chi connectivity index (χ1n) is 10.6. The van der Waals surface area contributed by atoms with Crippen LogP contribution in [0.1, 0.15) is 42.2 Å². The van der Waals surface area contributed by atoms with Crippen molar-refractivity contribution in [1.29, 1.82) is 0 Å². The van der Waals surface area contributed by atoms with Crippen LogP contribution in [0.4, 0.5) is 4.79 Å². The Morgan fingerprint density at radius 1 is 0.970 bits per heavy atom. The van der Waals surface area contributed by atoms with Gasteiger partial charge in [0.25, 0.3) is 0 Å². The van der Waals surface area contributed by atoms with Crippen LogP contribution in [-0.2, 0) is 14.3 Å². The smallest absolute Gasteiger partial charge is 0.407 e. The minimum atomic E-state index is -1.30. The fraction of sp³-hybridized carbons (Fsp3) is 0.240. The molecule has 170 valence electrons. The molecular weight excluding hydrogens is 424 g/mol. The molecule has 2 aromatic carbocycles. The molecule has 0 spiro atoms. The third-order valence-electron chi connectivity index (χ3n) is 5.66. The van der Waals surface area contributed by atoms with Crippen molar-refractivity contribution in [3.05, 3.63) is 83.8 Å². The predicted molar refractivity (Wildman–Crippen MR) is 120 cm³/mol. The summed E-state index contributed by atoms with van der Waals surface area (Å²) < 4.78 is 10.7. The number of amides is 2. The molecule has 4 rings (SSSR count). The van der Waals surface area contributed by atoms with Gasteiger partial charge in [-0.2, -0.15) is 0 Å². The first-order valence-corrected chi connectivity index (χ1v) is 10.6. The maximum absolute atomic E-state index is 12.6. The van der Waals surface area contributed by atoms with Gasteiger partial charge in [-0.15, -0.1) is 0 Å². The first-order chi connectivity index (χ1) is 15.9. The lowest BCUT2D eigenvalue weighted by Gasteiger charge is -2.20. The summed E-state index contributed by atoms with van der Waals surface area (Å²) in [6, 6.07) is 17.4. The zero-order valence-corrected chi connectivity index (χ0v) is 18.0. The van der Waals surface area contributed by atoms with E-state index in [0.717, 1.165) is 22.3 Å². The number of carboxylic acid groups (broad SMARTS) is 1. The lowest BCUT2D eigenvalue weighted by atomic mass is 9.98. The molecule has 2 amide bonds. The van der Waals surface area contributed by atoms with Crippen molar-refractivity contribution in [3.8, 4) is 11.1 Å². The van der Waals surface area contributed by atoms with E-state index in [9.17, 15) is 19.5 Å². The number of benzene rings is 2. The monoisotopic (exact) mass is 448 g/mol. The molecule has 0 aliphatic heterocycles. The van der Waals surface area contributed by atoms with Crippen LogP contribution in [0.15, 0.2) is 71.3 Å². The van der Waals surface area contributed by atoms with Gasteiger partial charge in [-0.3, -0.25) is 9.59 Å². The van der Waals surface area contributed by atoms with E-state index in [1.807, 2.05) is 48.5 Å². The minimum Gasteiger partial charge on any atom is -0.481 e. The highest BCUT2D eigenvalue weighted by Gasteiger charge is 2.30. The number of carbonyl (C=O) groups is 3. The van der Waals surface area contributed by atoms with E-state index in [2.05, 4.69) is 10.6 Å². The van der Waals surface area contributed by atoms with Crippen molar-refractivity contribution < 1.29 is 28.6 Å². The average molecular weight is 448 g/mol. The molecule has 1 heterocycles. The van der Waals surface area contributed by atoms with Gasteiger partial charge in [0.15, 0.2) is 0 Å². The largest absolute Gasteiger partial charge is 0.481 e. The molecule has 0 saturated carbocycles. The summed E-state index contributed by atoms with van der Waals surface area (Å²) in [5.41, 5.74) is 4.30. The van der Waals surface area contributed by atoms with Crippen LogP contribution in [0.3, 0.4) is 0 Å². The molecule has 1 unspecified atom stereocenters. The molecule has 1 aliphatic carbocycles. The highest BCUT2D eigenvalue weighted by Crippen LogP contribution is 2.44. The number of hydrogen-bond donors (Lipinski definition) is 3. The van der Waals surface area contributed by atoms with Gasteiger partial charge in [-0.1, -0.05) is 48.5 Å². The average Bonchev–Trinajstić information content (AvgIpc) is 3.44. The van der Waals surface area contributed by atoms with E-state index in [0.29, 0.717) is 5.76 Å². The molecular formula is C25H24N2O6. The molecule has 2 atom stereocenters. The van der Waals surface area contributed by atoms with Gasteiger partial charge in [-0.05, 0) is 41.3 Å². The Morgan fingerprint density at radius 3 is 2.18 bits per heavy atom. The zero-order chi connectivity index (χ0) is 23.4. The highest BCUT2D eigenvalue weighted by atomic mass is 16.5. The maximum Gasteiger partial charge on any atom is 0.407 e. The van der Waals surface area contributed by atoms with Crippen LogP contribution in [0, 0.1) is 0 Å². The molecule has 3 aromatic rings. The summed E-state index contributed by atoms with van der Waals surface area (Å²) in [4.78, 5) is 36.4. The van der Waals surface area contributed by atoms with Gasteiger partial charge < -0.3 is 24.9 Å². The van der Waals surface area contributed by atoms with Gasteiger partial charge in [0.2, 0.25) is 5.91 Å². The van der Waals surface area contributed by atoms with Crippen molar-refractivity contribution in [3.63, 3.8) is 0 Å². The Balaban J connectivity index is 1.41. The van der Waals surface area contributed by atoms with Crippen LogP contribution >= 0.6 is 0 Å². The second-order valence-electron chi connectivity index (χ2n) is 7.87. The number of hydrogen-bond acceptors (Lipinski definition) is 5. The lowest BCUT2D eigenvalue weighted by Crippen LogP contribution is -2.48. The third-order valence-corrected chi connectivity index (χ3v) is 5.66. The molecule has 8 nitrogen and oxygen atoms in total. The molecule has 8 heteroatoms. The molecule has 33 heavy (non-hydrogen) atoms. The molecule has 0 bridgehead atoms. The zero-order valence-electron chi connectivity index (χ0n) is 18.0. The summed E-state index contributed by atoms with van der Waals surface area (Å²) in [5.74, 6) is -1.50. The van der Waals surface area contributed by atoms with E-state index in [-0.39, 0.29) is 12.5 Å². The Kier molecular flexibility index (Phi) is 6.44. The number of alkyl carbamates (subject to hydrolysis) is 1. The Morgan fingerprint density at radius 2 is 1.61 bits per heavy atom. The fourth-order valence-electron chi connectivity index (χ4n) is 4.09. The van der Waals surface area contributed by atoms with E-state index in [4.69, 9.17) is 9.15 Å². The van der Waals surface area contributed by atoms with Gasteiger partial charge in [0, 0.05) is 5.92 Å². The van der Waals surface area contributed by atoms with Crippen molar-refractivity contribution in [2.24, 2.45) is 0 Å². The number of nitrogens with one attached hydrogen (secondary N) is 2. The third kappa shape index (κ3) is 4.90. The summed E-state index contributed by atoms with van der Waals surface area (Å²) in [7, 11) is 0. The predicted octanol–water partition coefficient (Wildman–Crippen LogP) is 3.84. The normalized spacial score (nSPS) is 14.0. The van der Waals surface area contributed by atoms with Gasteiger partial charge >= 0.3 is 12.1 Å². The number of ether oxygens (including phenoxy) is 1. The standard InChI is InChI=1S/C25H24N2O6/c1-15(22-11-6-12-32-22)26-24(30)21(13-23(28)29)27-25(31)33-14-20-18-9-4-2-7-16(18)17-8-3-5-10-19(17)20/h2-12,15,20-21H,13-14H2,1H3,(H,26,30)(H,27,31)(H,28,29)/t15-,21?/m1/s1. The molecule has 0 saturated heterocycles. The number of furan rings is 1.